The zero-order chi connectivity index (χ0) is 14.7. The van der Waals surface area contributed by atoms with Crippen LogP contribution >= 0.6 is 0 Å². The Kier molecular flexibility index (Phi) is 3.69. The molecule has 0 radical (unpaired) electrons. The SMILES string of the molecule is CCOC(=O)c1nc2ccccn2c1Cc1ccccc1. The van der Waals surface area contributed by atoms with Crippen molar-refractivity contribution < 1.29 is 9.53 Å². The normalized spacial score (nSPS) is 10.7. The van der Waals surface area contributed by atoms with Crippen LogP contribution in [0, 0.1) is 0 Å². The van der Waals surface area contributed by atoms with Gasteiger partial charge in [0.25, 0.3) is 0 Å². The average molecular weight is 280 g/mol. The van der Waals surface area contributed by atoms with Crippen LogP contribution < -0.4 is 0 Å². The van der Waals surface area contributed by atoms with Gasteiger partial charge in [0.05, 0.1) is 12.3 Å². The summed E-state index contributed by atoms with van der Waals surface area (Å²) < 4.78 is 7.06. The number of fused-ring (bicyclic) bond motifs is 1. The van der Waals surface area contributed by atoms with E-state index in [0.29, 0.717) is 18.7 Å². The lowest BCUT2D eigenvalue weighted by molar-refractivity contribution is 0.0519. The van der Waals surface area contributed by atoms with Crippen molar-refractivity contribution in [3.63, 3.8) is 0 Å². The number of pyridine rings is 1. The second-order valence-electron chi connectivity index (χ2n) is 4.72. The molecule has 0 fully saturated rings. The molecule has 3 rings (SSSR count). The molecule has 0 saturated heterocycles. The number of carbonyl (C=O) groups excluding carboxylic acids is 1. The van der Waals surface area contributed by atoms with Crippen LogP contribution in [0.15, 0.2) is 54.7 Å². The van der Waals surface area contributed by atoms with Gasteiger partial charge >= 0.3 is 5.97 Å². The highest BCUT2D eigenvalue weighted by Gasteiger charge is 2.19. The van der Waals surface area contributed by atoms with Crippen molar-refractivity contribution in [2.45, 2.75) is 13.3 Å². The molecule has 2 aromatic heterocycles. The predicted octanol–water partition coefficient (Wildman–Crippen LogP) is 3.10. The summed E-state index contributed by atoms with van der Waals surface area (Å²) in [6.45, 7) is 2.14. The molecule has 0 aliphatic carbocycles. The quantitative estimate of drug-likeness (QED) is 0.690. The fraction of sp³-hybridized carbons (Fsp3) is 0.176. The van der Waals surface area contributed by atoms with Crippen LogP contribution in [0.3, 0.4) is 0 Å². The van der Waals surface area contributed by atoms with Crippen molar-refractivity contribution in [3.05, 3.63) is 71.7 Å². The third-order valence-electron chi connectivity index (χ3n) is 3.31. The number of imidazole rings is 1. The maximum absolute atomic E-state index is 12.1. The second-order valence-corrected chi connectivity index (χ2v) is 4.72. The van der Waals surface area contributed by atoms with Gasteiger partial charge < -0.3 is 9.14 Å². The third kappa shape index (κ3) is 2.65. The van der Waals surface area contributed by atoms with E-state index in [1.54, 1.807) is 6.92 Å². The summed E-state index contributed by atoms with van der Waals surface area (Å²) in [5.41, 5.74) is 3.14. The third-order valence-corrected chi connectivity index (χ3v) is 3.31. The van der Waals surface area contributed by atoms with Crippen LogP contribution in [-0.2, 0) is 11.2 Å². The first-order valence-corrected chi connectivity index (χ1v) is 6.96. The zero-order valence-electron chi connectivity index (χ0n) is 11.8. The first-order chi connectivity index (χ1) is 10.3. The summed E-state index contributed by atoms with van der Waals surface area (Å²) in [6, 6.07) is 15.8. The van der Waals surface area contributed by atoms with E-state index in [1.807, 2.05) is 59.1 Å². The number of rotatable bonds is 4. The van der Waals surface area contributed by atoms with Crippen LogP contribution in [0.4, 0.5) is 0 Å². The van der Waals surface area contributed by atoms with E-state index in [4.69, 9.17) is 4.74 Å². The van der Waals surface area contributed by atoms with Crippen molar-refractivity contribution >= 4 is 11.6 Å². The van der Waals surface area contributed by atoms with Gasteiger partial charge in [-0.3, -0.25) is 0 Å². The molecule has 0 atom stereocenters. The topological polar surface area (TPSA) is 43.6 Å². The van der Waals surface area contributed by atoms with Gasteiger partial charge in [-0.25, -0.2) is 9.78 Å². The molecule has 4 heteroatoms. The summed E-state index contributed by atoms with van der Waals surface area (Å²) in [6.07, 6.45) is 2.56. The summed E-state index contributed by atoms with van der Waals surface area (Å²) in [5, 5.41) is 0. The molecule has 0 unspecified atom stereocenters. The Hall–Kier alpha value is -2.62. The maximum Gasteiger partial charge on any atom is 0.358 e. The van der Waals surface area contributed by atoms with Crippen LogP contribution in [0.2, 0.25) is 0 Å². The molecule has 0 aliphatic rings. The van der Waals surface area contributed by atoms with E-state index >= 15 is 0 Å². The Balaban J connectivity index is 2.09. The average Bonchev–Trinajstić information content (AvgIpc) is 2.88. The fourth-order valence-electron chi connectivity index (χ4n) is 2.37. The predicted molar refractivity (Wildman–Crippen MR) is 80.4 cm³/mol. The van der Waals surface area contributed by atoms with Gasteiger partial charge in [-0.2, -0.15) is 0 Å². The lowest BCUT2D eigenvalue weighted by atomic mass is 10.1. The molecule has 0 saturated carbocycles. The van der Waals surface area contributed by atoms with Gasteiger partial charge in [0.2, 0.25) is 0 Å². The minimum absolute atomic E-state index is 0.345. The Morgan fingerprint density at radius 2 is 1.90 bits per heavy atom. The number of hydrogen-bond donors (Lipinski definition) is 0. The van der Waals surface area contributed by atoms with E-state index < -0.39 is 0 Å². The highest BCUT2D eigenvalue weighted by molar-refractivity contribution is 5.89. The number of nitrogens with zero attached hydrogens (tertiary/aromatic N) is 2. The summed E-state index contributed by atoms with van der Waals surface area (Å²) in [5.74, 6) is -0.368. The van der Waals surface area contributed by atoms with E-state index in [-0.39, 0.29) is 5.97 Å². The van der Waals surface area contributed by atoms with Crippen molar-refractivity contribution in [2.75, 3.05) is 6.61 Å². The second kappa shape index (κ2) is 5.79. The minimum atomic E-state index is -0.368. The van der Waals surface area contributed by atoms with E-state index in [9.17, 15) is 4.79 Å². The zero-order valence-corrected chi connectivity index (χ0v) is 11.8. The minimum Gasteiger partial charge on any atom is -0.461 e. The molecule has 21 heavy (non-hydrogen) atoms. The van der Waals surface area contributed by atoms with E-state index in [2.05, 4.69) is 4.98 Å². The molecule has 2 heterocycles. The number of hydrogen-bond acceptors (Lipinski definition) is 3. The van der Waals surface area contributed by atoms with Crippen LogP contribution in [-0.4, -0.2) is 22.0 Å². The maximum atomic E-state index is 12.1. The van der Waals surface area contributed by atoms with Gasteiger partial charge in [0.15, 0.2) is 5.69 Å². The Bertz CT molecular complexity index is 763. The molecule has 4 nitrogen and oxygen atoms in total. The monoisotopic (exact) mass is 280 g/mol. The van der Waals surface area contributed by atoms with Crippen LogP contribution in [0.1, 0.15) is 28.7 Å². The Morgan fingerprint density at radius 1 is 1.14 bits per heavy atom. The highest BCUT2D eigenvalue weighted by atomic mass is 16.5. The number of ether oxygens (including phenoxy) is 1. The smallest absolute Gasteiger partial charge is 0.358 e. The molecular formula is C17H16N2O2. The molecule has 106 valence electrons. The lowest BCUT2D eigenvalue weighted by Crippen LogP contribution is -2.09. The van der Waals surface area contributed by atoms with Crippen LogP contribution in [0.5, 0.6) is 0 Å². The standard InChI is InChI=1S/C17H16N2O2/c1-2-21-17(20)16-14(12-13-8-4-3-5-9-13)19-11-7-6-10-15(19)18-16/h3-11H,2,12H2,1H3. The van der Waals surface area contributed by atoms with Crippen molar-refractivity contribution in [2.24, 2.45) is 0 Å². The van der Waals surface area contributed by atoms with E-state index in [0.717, 1.165) is 16.9 Å². The molecular weight excluding hydrogens is 264 g/mol. The van der Waals surface area contributed by atoms with Gasteiger partial charge in [-0.05, 0) is 24.6 Å². The van der Waals surface area contributed by atoms with Gasteiger partial charge in [0.1, 0.15) is 5.65 Å². The number of benzene rings is 1. The highest BCUT2D eigenvalue weighted by Crippen LogP contribution is 2.18. The summed E-state index contributed by atoms with van der Waals surface area (Å²) in [4.78, 5) is 16.5. The molecule has 0 aliphatic heterocycles. The molecule has 0 N–H and O–H groups in total. The molecule has 0 spiro atoms. The Morgan fingerprint density at radius 3 is 2.67 bits per heavy atom. The van der Waals surface area contributed by atoms with Crippen LogP contribution in [0.25, 0.3) is 5.65 Å². The largest absolute Gasteiger partial charge is 0.461 e. The van der Waals surface area contributed by atoms with Gasteiger partial charge in [0, 0.05) is 12.6 Å². The lowest BCUT2D eigenvalue weighted by Gasteiger charge is -2.05. The number of aromatic nitrogens is 2. The molecule has 1 aromatic carbocycles. The van der Waals surface area contributed by atoms with Crippen molar-refractivity contribution in [1.29, 1.82) is 0 Å². The van der Waals surface area contributed by atoms with Gasteiger partial charge in [-0.15, -0.1) is 0 Å². The summed E-state index contributed by atoms with van der Waals surface area (Å²) >= 11 is 0. The molecule has 0 amide bonds. The van der Waals surface area contributed by atoms with Gasteiger partial charge in [-0.1, -0.05) is 36.4 Å². The molecule has 3 aromatic rings. The molecule has 0 bridgehead atoms. The van der Waals surface area contributed by atoms with Crippen molar-refractivity contribution in [3.8, 4) is 0 Å². The number of esters is 1. The fourth-order valence-corrected chi connectivity index (χ4v) is 2.37. The Labute approximate surface area is 123 Å². The summed E-state index contributed by atoms with van der Waals surface area (Å²) in [7, 11) is 0. The number of carbonyl (C=O) groups is 1. The van der Waals surface area contributed by atoms with E-state index in [1.165, 1.54) is 0 Å². The van der Waals surface area contributed by atoms with Crippen molar-refractivity contribution in [1.82, 2.24) is 9.38 Å². The first-order valence-electron chi connectivity index (χ1n) is 6.96. The first kappa shape index (κ1) is 13.4.